The zero-order chi connectivity index (χ0) is 29.6. The van der Waals surface area contributed by atoms with E-state index in [1.54, 1.807) is 4.90 Å². The number of aliphatic hydroxyl groups is 1. The average molecular weight is 572 g/mol. The van der Waals surface area contributed by atoms with Gasteiger partial charge in [-0.2, -0.15) is 0 Å². The van der Waals surface area contributed by atoms with Crippen LogP contribution in [0.5, 0.6) is 17.2 Å². The summed E-state index contributed by atoms with van der Waals surface area (Å²) in [7, 11) is 2.06. The lowest BCUT2D eigenvalue weighted by Gasteiger charge is -2.34. The van der Waals surface area contributed by atoms with Gasteiger partial charge in [-0.25, -0.2) is 0 Å². The van der Waals surface area contributed by atoms with Crippen molar-refractivity contribution in [2.75, 3.05) is 32.1 Å². The zero-order valence-corrected chi connectivity index (χ0v) is 24.7. The predicted octanol–water partition coefficient (Wildman–Crippen LogP) is 5.11. The second-order valence-electron chi connectivity index (χ2n) is 11.7. The number of ether oxygens (including phenoxy) is 2. The number of amides is 2. The van der Waals surface area contributed by atoms with Crippen molar-refractivity contribution in [3.63, 3.8) is 0 Å². The monoisotopic (exact) mass is 571 g/mol. The summed E-state index contributed by atoms with van der Waals surface area (Å²) in [4.78, 5) is 29.8. The summed E-state index contributed by atoms with van der Waals surface area (Å²) in [5, 5.41) is 12.9. The molecule has 0 saturated heterocycles. The Labute approximate surface area is 248 Å². The Kier molecular flexibility index (Phi) is 9.45. The normalized spacial score (nSPS) is 19.6. The number of nitrogens with one attached hydrogen (secondary N) is 1. The molecule has 1 heterocycles. The highest BCUT2D eigenvalue weighted by Gasteiger charge is 2.32. The Morgan fingerprint density at radius 1 is 1.10 bits per heavy atom. The number of carbonyl (C=O) groups is 2. The largest absolute Gasteiger partial charge is 0.488 e. The Morgan fingerprint density at radius 2 is 1.81 bits per heavy atom. The molecule has 2 aliphatic rings. The quantitative estimate of drug-likeness (QED) is 0.352. The van der Waals surface area contributed by atoms with E-state index in [4.69, 9.17) is 9.47 Å². The molecule has 3 atom stereocenters. The van der Waals surface area contributed by atoms with Gasteiger partial charge in [0.25, 0.3) is 0 Å². The van der Waals surface area contributed by atoms with Crippen LogP contribution in [-0.2, 0) is 22.6 Å². The number of nitrogens with zero attached hydrogens (tertiary/aromatic N) is 2. The molecule has 222 valence electrons. The van der Waals surface area contributed by atoms with E-state index in [9.17, 15) is 14.7 Å². The molecule has 3 aromatic rings. The Bertz CT molecular complexity index is 1360. The van der Waals surface area contributed by atoms with E-state index in [1.807, 2.05) is 67.6 Å². The van der Waals surface area contributed by atoms with Gasteiger partial charge in [0.1, 0.15) is 23.4 Å². The summed E-state index contributed by atoms with van der Waals surface area (Å²) in [5.41, 5.74) is 2.56. The van der Waals surface area contributed by atoms with Gasteiger partial charge in [-0.05, 0) is 74.8 Å². The van der Waals surface area contributed by atoms with Gasteiger partial charge in [0, 0.05) is 42.7 Å². The first kappa shape index (κ1) is 29.6. The predicted molar refractivity (Wildman–Crippen MR) is 163 cm³/mol. The molecule has 8 heteroatoms. The number of hydrogen-bond donors (Lipinski definition) is 2. The summed E-state index contributed by atoms with van der Waals surface area (Å²) in [5.74, 6) is 2.29. The van der Waals surface area contributed by atoms with E-state index < -0.39 is 0 Å². The molecular formula is C34H41N3O5. The second kappa shape index (κ2) is 13.4. The lowest BCUT2D eigenvalue weighted by atomic mass is 10.0. The molecule has 1 fully saturated rings. The molecule has 1 aliphatic heterocycles. The smallest absolute Gasteiger partial charge is 0.227 e. The van der Waals surface area contributed by atoms with Crippen LogP contribution in [-0.4, -0.2) is 65.6 Å². The number of rotatable bonds is 10. The van der Waals surface area contributed by atoms with E-state index in [2.05, 4.69) is 36.3 Å². The number of benzene rings is 3. The van der Waals surface area contributed by atoms with Crippen molar-refractivity contribution >= 4 is 17.5 Å². The maximum atomic E-state index is 13.4. The van der Waals surface area contributed by atoms with Crippen molar-refractivity contribution in [2.24, 2.45) is 11.8 Å². The van der Waals surface area contributed by atoms with Crippen LogP contribution in [0.2, 0.25) is 0 Å². The maximum absolute atomic E-state index is 13.4. The molecule has 1 aliphatic carbocycles. The number of para-hydroxylation sites is 1. The first-order valence-electron chi connectivity index (χ1n) is 14.8. The van der Waals surface area contributed by atoms with Crippen LogP contribution in [0.25, 0.3) is 0 Å². The van der Waals surface area contributed by atoms with E-state index >= 15 is 0 Å². The lowest BCUT2D eigenvalue weighted by molar-refractivity contribution is -0.134. The molecule has 42 heavy (non-hydrogen) atoms. The van der Waals surface area contributed by atoms with Gasteiger partial charge in [0.05, 0.1) is 19.1 Å². The van der Waals surface area contributed by atoms with Crippen LogP contribution in [0.4, 0.5) is 5.69 Å². The number of aliphatic hydroxyl groups excluding tert-OH is 1. The molecule has 0 radical (unpaired) electrons. The molecule has 0 bridgehead atoms. The van der Waals surface area contributed by atoms with Crippen LogP contribution in [0.1, 0.15) is 37.8 Å². The molecule has 0 unspecified atom stereocenters. The van der Waals surface area contributed by atoms with Crippen molar-refractivity contribution in [1.29, 1.82) is 0 Å². The number of fused-ring (bicyclic) bond motifs is 1. The SMILES string of the molecule is C[C@H](CO)N1C[C@H](C)[C@H](CN(C)Cc2ccc(Oc3ccccc3)cc2)Oc2ccc(NC(=O)C3CC3)cc2CC1=O. The van der Waals surface area contributed by atoms with Gasteiger partial charge >= 0.3 is 0 Å². The van der Waals surface area contributed by atoms with Crippen molar-refractivity contribution in [3.8, 4) is 17.2 Å². The molecule has 0 aromatic heterocycles. The summed E-state index contributed by atoms with van der Waals surface area (Å²) >= 11 is 0. The Balaban J connectivity index is 1.30. The minimum Gasteiger partial charge on any atom is -0.488 e. The van der Waals surface area contributed by atoms with Crippen molar-refractivity contribution in [3.05, 3.63) is 83.9 Å². The molecule has 1 saturated carbocycles. The van der Waals surface area contributed by atoms with Gasteiger partial charge in [0.15, 0.2) is 0 Å². The number of anilines is 1. The average Bonchev–Trinajstić information content (AvgIpc) is 3.83. The van der Waals surface area contributed by atoms with Crippen LogP contribution in [0.3, 0.4) is 0 Å². The van der Waals surface area contributed by atoms with Gasteiger partial charge in [0.2, 0.25) is 11.8 Å². The van der Waals surface area contributed by atoms with Crippen LogP contribution >= 0.6 is 0 Å². The van der Waals surface area contributed by atoms with Gasteiger partial charge in [-0.1, -0.05) is 37.3 Å². The molecule has 8 nitrogen and oxygen atoms in total. The van der Waals surface area contributed by atoms with Gasteiger partial charge in [-0.15, -0.1) is 0 Å². The van der Waals surface area contributed by atoms with Crippen LogP contribution in [0, 0.1) is 11.8 Å². The molecule has 0 spiro atoms. The molecule has 2 amide bonds. The number of likely N-dealkylation sites (N-methyl/N-ethyl adjacent to an activating group) is 1. The summed E-state index contributed by atoms with van der Waals surface area (Å²) in [6, 6.07) is 23.1. The third-order valence-electron chi connectivity index (χ3n) is 7.98. The highest BCUT2D eigenvalue weighted by molar-refractivity contribution is 5.94. The summed E-state index contributed by atoms with van der Waals surface area (Å²) in [6.07, 6.45) is 1.77. The van der Waals surface area contributed by atoms with Crippen molar-refractivity contribution < 1.29 is 24.2 Å². The highest BCUT2D eigenvalue weighted by Crippen LogP contribution is 2.33. The van der Waals surface area contributed by atoms with E-state index in [0.717, 1.165) is 35.5 Å². The first-order valence-corrected chi connectivity index (χ1v) is 14.8. The van der Waals surface area contributed by atoms with Gasteiger partial charge < -0.3 is 24.8 Å². The molecule has 3 aromatic carbocycles. The van der Waals surface area contributed by atoms with E-state index in [-0.39, 0.29) is 48.8 Å². The first-order chi connectivity index (χ1) is 20.3. The fourth-order valence-electron chi connectivity index (χ4n) is 5.29. The van der Waals surface area contributed by atoms with Crippen LogP contribution in [0.15, 0.2) is 72.8 Å². The molecule has 2 N–H and O–H groups in total. The lowest BCUT2D eigenvalue weighted by Crippen LogP contribution is -2.47. The third-order valence-corrected chi connectivity index (χ3v) is 7.98. The highest BCUT2D eigenvalue weighted by atomic mass is 16.5. The fourth-order valence-corrected chi connectivity index (χ4v) is 5.29. The van der Waals surface area contributed by atoms with E-state index in [1.165, 1.54) is 0 Å². The summed E-state index contributed by atoms with van der Waals surface area (Å²) in [6.45, 7) is 5.67. The van der Waals surface area contributed by atoms with Crippen molar-refractivity contribution in [2.45, 2.75) is 51.8 Å². The minimum atomic E-state index is -0.311. The molecular weight excluding hydrogens is 530 g/mol. The van der Waals surface area contributed by atoms with Crippen LogP contribution < -0.4 is 14.8 Å². The maximum Gasteiger partial charge on any atom is 0.227 e. The standard InChI is InChI=1S/C34H41N3O5/c1-23-19-37(24(2)22-38)33(39)18-27-17-28(35-34(40)26-11-12-26)13-16-31(27)42-32(23)21-36(3)20-25-9-14-30(15-10-25)41-29-7-5-4-6-8-29/h4-10,13-17,23-24,26,32,38H,11-12,18-22H2,1-3H3,(H,35,40)/t23-,24+,32-/m0/s1. The Morgan fingerprint density at radius 3 is 2.50 bits per heavy atom. The third kappa shape index (κ3) is 7.69. The zero-order valence-electron chi connectivity index (χ0n) is 24.7. The van der Waals surface area contributed by atoms with Gasteiger partial charge in [-0.3, -0.25) is 14.5 Å². The van der Waals surface area contributed by atoms with Crippen molar-refractivity contribution in [1.82, 2.24) is 9.80 Å². The fraction of sp³-hybridized carbons (Fsp3) is 0.412. The summed E-state index contributed by atoms with van der Waals surface area (Å²) < 4.78 is 12.6. The number of carbonyl (C=O) groups excluding carboxylic acids is 2. The second-order valence-corrected chi connectivity index (χ2v) is 11.7. The van der Waals surface area contributed by atoms with E-state index in [0.29, 0.717) is 31.1 Å². The minimum absolute atomic E-state index is 0.00671. The molecule has 5 rings (SSSR count). The topological polar surface area (TPSA) is 91.3 Å². The number of hydrogen-bond acceptors (Lipinski definition) is 6. The Hall–Kier alpha value is -3.88.